The molecule has 0 radical (unpaired) electrons. The standard InChI is InChI=1S/C24H35O2P3S/c1-15-10-11-16(2)27(15)21-22(24(26)30-23(21)25)28(17(3)12-13-18(28)4)29(27)19-8-6-5-7-9-20(29)14-19/h6,9,15-18,27-29H,5,7,10-14H2,1-4H3/b20-9-. The van der Waals surface area contributed by atoms with Crippen molar-refractivity contribution >= 4 is 42.5 Å². The molecule has 164 valence electrons. The molecule has 2 nitrogen and oxygen atoms in total. The Morgan fingerprint density at radius 2 is 1.33 bits per heavy atom. The van der Waals surface area contributed by atoms with Crippen LogP contribution in [-0.4, -0.2) is 32.9 Å². The molecule has 0 amide bonds. The first kappa shape index (κ1) is 20.6. The number of carbonyl (C=O) groups excluding carboxylic acids is 2. The Morgan fingerprint density at radius 3 is 1.83 bits per heavy atom. The molecule has 0 saturated carbocycles. The molecule has 0 aromatic heterocycles. The average molecular weight is 481 g/mol. The molecule has 0 aliphatic carbocycles. The summed E-state index contributed by atoms with van der Waals surface area (Å²) in [6, 6.07) is 0. The van der Waals surface area contributed by atoms with Crippen molar-refractivity contribution < 1.29 is 9.59 Å². The number of carbonyl (C=O) groups is 2. The molecule has 3 saturated heterocycles. The molecule has 6 aliphatic heterocycles. The van der Waals surface area contributed by atoms with Crippen molar-refractivity contribution in [3.63, 3.8) is 0 Å². The van der Waals surface area contributed by atoms with Crippen molar-refractivity contribution in [3.05, 3.63) is 39.1 Å². The van der Waals surface area contributed by atoms with Gasteiger partial charge in [0, 0.05) is 0 Å². The summed E-state index contributed by atoms with van der Waals surface area (Å²) in [6.07, 6.45) is 13.4. The van der Waals surface area contributed by atoms with E-state index in [0.29, 0.717) is 22.6 Å². The SMILES string of the molecule is CC1CCC(C)[PH]12C1=C(C(=O)SC1=O)[PH]1(C(C)CCC1C)[PH]21C2=C=CCC/C=C\1C2. The van der Waals surface area contributed by atoms with Gasteiger partial charge in [0.05, 0.1) is 0 Å². The van der Waals surface area contributed by atoms with Gasteiger partial charge in [-0.1, -0.05) is 0 Å². The van der Waals surface area contributed by atoms with Gasteiger partial charge in [0.15, 0.2) is 0 Å². The number of fused-ring (bicyclic) bond motifs is 2. The minimum atomic E-state index is -2.15. The molecule has 3 spiro atoms. The molecule has 2 bridgehead atoms. The normalized spacial score (nSPS) is 44.4. The number of rotatable bonds is 0. The summed E-state index contributed by atoms with van der Waals surface area (Å²) in [7, 11) is 0. The molecule has 0 aromatic carbocycles. The monoisotopic (exact) mass is 480 g/mol. The summed E-state index contributed by atoms with van der Waals surface area (Å²) in [5, 5.41) is 6.33. The predicted octanol–water partition coefficient (Wildman–Crippen LogP) is 7.35. The Hall–Kier alpha value is -0.0200. The van der Waals surface area contributed by atoms with Gasteiger partial charge in [-0.3, -0.25) is 0 Å². The molecule has 0 N–H and O–H groups in total. The summed E-state index contributed by atoms with van der Waals surface area (Å²) >= 11 is 1.10. The Kier molecular flexibility index (Phi) is 4.47. The van der Waals surface area contributed by atoms with Crippen molar-refractivity contribution in [2.75, 3.05) is 0 Å². The molecular weight excluding hydrogens is 445 g/mol. The van der Waals surface area contributed by atoms with Crippen molar-refractivity contribution in [2.45, 2.75) is 95.3 Å². The second-order valence-corrected chi connectivity index (χ2v) is 34.1. The van der Waals surface area contributed by atoms with Gasteiger partial charge in [0.1, 0.15) is 0 Å². The van der Waals surface area contributed by atoms with Crippen LogP contribution in [-0.2, 0) is 9.59 Å². The quantitative estimate of drug-likeness (QED) is 0.268. The van der Waals surface area contributed by atoms with Gasteiger partial charge in [-0.15, -0.1) is 0 Å². The second-order valence-electron chi connectivity index (χ2n) is 11.0. The van der Waals surface area contributed by atoms with E-state index >= 15 is 0 Å². The van der Waals surface area contributed by atoms with E-state index in [1.165, 1.54) is 36.3 Å². The van der Waals surface area contributed by atoms with Crippen LogP contribution in [0.4, 0.5) is 0 Å². The van der Waals surface area contributed by atoms with Crippen molar-refractivity contribution in [2.24, 2.45) is 0 Å². The van der Waals surface area contributed by atoms with E-state index in [0.717, 1.165) is 31.0 Å². The molecule has 6 rings (SSSR count). The summed E-state index contributed by atoms with van der Waals surface area (Å²) in [4.78, 5) is 27.4. The molecule has 4 unspecified atom stereocenters. The first-order valence-corrected chi connectivity index (χ1v) is 21.1. The van der Waals surface area contributed by atoms with Crippen LogP contribution in [0.5, 0.6) is 0 Å². The van der Waals surface area contributed by atoms with Gasteiger partial charge in [0.25, 0.3) is 0 Å². The van der Waals surface area contributed by atoms with Gasteiger partial charge < -0.3 is 0 Å². The van der Waals surface area contributed by atoms with E-state index < -0.39 is 20.5 Å². The van der Waals surface area contributed by atoms with Crippen molar-refractivity contribution in [1.82, 2.24) is 0 Å². The van der Waals surface area contributed by atoms with Crippen LogP contribution in [0.2, 0.25) is 0 Å². The summed E-state index contributed by atoms with van der Waals surface area (Å²) in [5.41, 5.74) is 6.49. The zero-order valence-electron chi connectivity index (χ0n) is 18.6. The zero-order valence-corrected chi connectivity index (χ0v) is 22.5. The Balaban J connectivity index is 1.83. The van der Waals surface area contributed by atoms with Crippen molar-refractivity contribution in [1.29, 1.82) is 0 Å². The van der Waals surface area contributed by atoms with E-state index in [1.54, 1.807) is 10.6 Å². The first-order valence-electron chi connectivity index (χ1n) is 12.0. The maximum absolute atomic E-state index is 13.7. The molecule has 6 heterocycles. The molecule has 6 aliphatic rings. The fraction of sp³-hybridized carbons (Fsp3) is 0.625. The van der Waals surface area contributed by atoms with E-state index in [4.69, 9.17) is 0 Å². The summed E-state index contributed by atoms with van der Waals surface area (Å²) in [6.45, 7) is 3.60. The molecule has 3 fully saturated rings. The van der Waals surface area contributed by atoms with Gasteiger partial charge in [0.2, 0.25) is 0 Å². The average Bonchev–Trinajstić information content (AvgIpc) is 3.31. The van der Waals surface area contributed by atoms with E-state index in [9.17, 15) is 9.59 Å². The van der Waals surface area contributed by atoms with Crippen LogP contribution in [0.25, 0.3) is 0 Å². The fourth-order valence-corrected chi connectivity index (χ4v) is 72.6. The molecule has 0 aromatic rings. The number of hydrogen-bond donors (Lipinski definition) is 0. The first-order chi connectivity index (χ1) is 14.4. The van der Waals surface area contributed by atoms with Crippen LogP contribution in [0.15, 0.2) is 39.1 Å². The van der Waals surface area contributed by atoms with Crippen LogP contribution in [0.3, 0.4) is 0 Å². The Morgan fingerprint density at radius 1 is 0.833 bits per heavy atom. The fourth-order valence-electron chi connectivity index (χ4n) is 9.70. The second kappa shape index (κ2) is 6.52. The topological polar surface area (TPSA) is 34.1 Å². The minimum absolute atomic E-state index is 0.205. The van der Waals surface area contributed by atoms with Crippen LogP contribution < -0.4 is 0 Å². The van der Waals surface area contributed by atoms with Crippen molar-refractivity contribution in [3.8, 4) is 0 Å². The van der Waals surface area contributed by atoms with Gasteiger partial charge >= 0.3 is 187 Å². The predicted molar refractivity (Wildman–Crippen MR) is 139 cm³/mol. The van der Waals surface area contributed by atoms with Gasteiger partial charge in [-0.25, -0.2) is 0 Å². The number of thioether (sulfide) groups is 1. The van der Waals surface area contributed by atoms with Gasteiger partial charge in [-0.05, 0) is 0 Å². The molecule has 30 heavy (non-hydrogen) atoms. The van der Waals surface area contributed by atoms with E-state index in [1.807, 2.05) is 0 Å². The zero-order chi connectivity index (χ0) is 21.1. The third kappa shape index (κ3) is 1.88. The van der Waals surface area contributed by atoms with Gasteiger partial charge in [-0.2, -0.15) is 0 Å². The third-order valence-electron chi connectivity index (χ3n) is 10.4. The maximum atomic E-state index is 13.7. The summed E-state index contributed by atoms with van der Waals surface area (Å²) in [5.74, 6) is 0. The third-order valence-corrected chi connectivity index (χ3v) is 52.8. The molecule has 4 atom stereocenters. The van der Waals surface area contributed by atoms with Crippen LogP contribution >= 0.6 is 32.3 Å². The number of hydrogen-bond acceptors (Lipinski definition) is 3. The molecular formula is C24H35O2P3S. The van der Waals surface area contributed by atoms with Crippen LogP contribution in [0.1, 0.15) is 72.6 Å². The number of allylic oxidation sites excluding steroid dienone is 3. The van der Waals surface area contributed by atoms with E-state index in [2.05, 4.69) is 45.6 Å². The Bertz CT molecular complexity index is 959. The Labute approximate surface area is 186 Å². The van der Waals surface area contributed by atoms with E-state index in [-0.39, 0.29) is 10.2 Å². The van der Waals surface area contributed by atoms with Crippen LogP contribution in [0, 0.1) is 0 Å². The summed E-state index contributed by atoms with van der Waals surface area (Å²) < 4.78 is 0. The molecule has 6 heteroatoms.